The monoisotopic (exact) mass is 332 g/mol. The van der Waals surface area contributed by atoms with Crippen LogP contribution in [0.3, 0.4) is 0 Å². The molecular weight excluding hydrogens is 325 g/mol. The highest BCUT2D eigenvalue weighted by molar-refractivity contribution is 8.00. The third-order valence-electron chi connectivity index (χ3n) is 2.29. The van der Waals surface area contributed by atoms with Gasteiger partial charge in [-0.3, -0.25) is 4.79 Å². The Balaban J connectivity index is 2.05. The number of amides is 1. The number of halogens is 4. The van der Waals surface area contributed by atoms with Crippen molar-refractivity contribution < 1.29 is 18.0 Å². The molecule has 110 valence electrons. The SMILES string of the molecule is O=C(Nc1ccc(SC(F)(F)F)cc1)c1cccc(Cl)n1. The fourth-order valence-corrected chi connectivity index (χ4v) is 2.17. The van der Waals surface area contributed by atoms with Crippen molar-refractivity contribution in [1.29, 1.82) is 0 Å². The van der Waals surface area contributed by atoms with Gasteiger partial charge in [-0.15, -0.1) is 0 Å². The molecule has 2 rings (SSSR count). The number of carbonyl (C=O) groups excluding carboxylic acids is 1. The number of anilines is 1. The first-order valence-corrected chi connectivity index (χ1v) is 6.83. The van der Waals surface area contributed by atoms with E-state index in [4.69, 9.17) is 11.6 Å². The molecule has 0 unspecified atom stereocenters. The van der Waals surface area contributed by atoms with Gasteiger partial charge in [0, 0.05) is 10.6 Å². The molecule has 0 bridgehead atoms. The minimum atomic E-state index is -4.34. The van der Waals surface area contributed by atoms with E-state index in [9.17, 15) is 18.0 Å². The second-order valence-electron chi connectivity index (χ2n) is 3.87. The third kappa shape index (κ3) is 4.95. The Morgan fingerprint density at radius 2 is 1.81 bits per heavy atom. The van der Waals surface area contributed by atoms with E-state index in [2.05, 4.69) is 10.3 Å². The van der Waals surface area contributed by atoms with Gasteiger partial charge in [0.25, 0.3) is 5.91 Å². The average Bonchev–Trinajstić information content (AvgIpc) is 2.39. The Morgan fingerprint density at radius 1 is 1.14 bits per heavy atom. The van der Waals surface area contributed by atoms with Crippen LogP contribution in [0.25, 0.3) is 0 Å². The van der Waals surface area contributed by atoms with Crippen molar-refractivity contribution in [2.75, 3.05) is 5.32 Å². The van der Waals surface area contributed by atoms with Gasteiger partial charge in [0.1, 0.15) is 10.8 Å². The van der Waals surface area contributed by atoms with Crippen molar-refractivity contribution in [3.8, 4) is 0 Å². The van der Waals surface area contributed by atoms with Gasteiger partial charge in [-0.25, -0.2) is 4.98 Å². The van der Waals surface area contributed by atoms with Crippen LogP contribution in [0.1, 0.15) is 10.5 Å². The minimum Gasteiger partial charge on any atom is -0.321 e. The van der Waals surface area contributed by atoms with Crippen molar-refractivity contribution in [3.63, 3.8) is 0 Å². The highest BCUT2D eigenvalue weighted by Crippen LogP contribution is 2.37. The van der Waals surface area contributed by atoms with Crippen LogP contribution in [0.2, 0.25) is 5.15 Å². The number of benzene rings is 1. The summed E-state index contributed by atoms with van der Waals surface area (Å²) in [6, 6.07) is 9.91. The number of hydrogen-bond donors (Lipinski definition) is 1. The van der Waals surface area contributed by atoms with Crippen LogP contribution in [0.15, 0.2) is 47.4 Å². The molecule has 1 amide bonds. The molecule has 8 heteroatoms. The van der Waals surface area contributed by atoms with Gasteiger partial charge in [-0.1, -0.05) is 17.7 Å². The molecule has 0 aliphatic carbocycles. The van der Waals surface area contributed by atoms with Gasteiger partial charge >= 0.3 is 5.51 Å². The number of hydrogen-bond acceptors (Lipinski definition) is 3. The molecule has 0 atom stereocenters. The van der Waals surface area contributed by atoms with Crippen molar-refractivity contribution in [2.24, 2.45) is 0 Å². The molecule has 0 radical (unpaired) electrons. The summed E-state index contributed by atoms with van der Waals surface area (Å²) >= 11 is 5.46. The third-order valence-corrected chi connectivity index (χ3v) is 3.24. The van der Waals surface area contributed by atoms with E-state index in [0.29, 0.717) is 5.69 Å². The van der Waals surface area contributed by atoms with Crippen molar-refractivity contribution in [3.05, 3.63) is 53.3 Å². The lowest BCUT2D eigenvalue weighted by molar-refractivity contribution is -0.0328. The molecule has 21 heavy (non-hydrogen) atoms. The van der Waals surface area contributed by atoms with Crippen molar-refractivity contribution >= 4 is 35.0 Å². The van der Waals surface area contributed by atoms with Gasteiger partial charge in [0.15, 0.2) is 0 Å². The summed E-state index contributed by atoms with van der Waals surface area (Å²) in [6.07, 6.45) is 0. The van der Waals surface area contributed by atoms with Crippen LogP contribution in [-0.4, -0.2) is 16.4 Å². The van der Waals surface area contributed by atoms with Crippen molar-refractivity contribution in [1.82, 2.24) is 4.98 Å². The van der Waals surface area contributed by atoms with Crippen LogP contribution < -0.4 is 5.32 Å². The minimum absolute atomic E-state index is 0.0429. The van der Waals surface area contributed by atoms with E-state index in [1.165, 1.54) is 36.4 Å². The number of carbonyl (C=O) groups is 1. The molecule has 0 saturated carbocycles. The van der Waals surface area contributed by atoms with Crippen LogP contribution >= 0.6 is 23.4 Å². The van der Waals surface area contributed by atoms with E-state index in [0.717, 1.165) is 0 Å². The summed E-state index contributed by atoms with van der Waals surface area (Å²) in [5.74, 6) is -0.492. The molecule has 1 aromatic heterocycles. The molecule has 1 aromatic carbocycles. The van der Waals surface area contributed by atoms with Gasteiger partial charge in [-0.2, -0.15) is 13.2 Å². The van der Waals surface area contributed by atoms with Gasteiger partial charge in [-0.05, 0) is 48.2 Å². The first-order chi connectivity index (χ1) is 9.83. The maximum Gasteiger partial charge on any atom is 0.446 e. The zero-order valence-electron chi connectivity index (χ0n) is 10.3. The smallest absolute Gasteiger partial charge is 0.321 e. The predicted octanol–water partition coefficient (Wildman–Crippen LogP) is 4.60. The Labute approximate surface area is 127 Å². The normalized spacial score (nSPS) is 11.2. The second-order valence-corrected chi connectivity index (χ2v) is 5.40. The lowest BCUT2D eigenvalue weighted by atomic mass is 10.3. The number of nitrogens with one attached hydrogen (secondary N) is 1. The predicted molar refractivity (Wildman–Crippen MR) is 75.6 cm³/mol. The number of aromatic nitrogens is 1. The molecule has 2 aromatic rings. The molecule has 1 N–H and O–H groups in total. The molecule has 1 heterocycles. The number of nitrogens with zero attached hydrogens (tertiary/aromatic N) is 1. The molecule has 0 saturated heterocycles. The number of rotatable bonds is 3. The fourth-order valence-electron chi connectivity index (χ4n) is 1.47. The summed E-state index contributed by atoms with van der Waals surface area (Å²) in [7, 11) is 0. The van der Waals surface area contributed by atoms with Gasteiger partial charge in [0.2, 0.25) is 0 Å². The fraction of sp³-hybridized carbons (Fsp3) is 0.0769. The van der Waals surface area contributed by atoms with E-state index in [1.807, 2.05) is 0 Å². The summed E-state index contributed by atoms with van der Waals surface area (Å²) in [6.45, 7) is 0. The molecule has 0 fully saturated rings. The summed E-state index contributed by atoms with van der Waals surface area (Å²) < 4.78 is 36.6. The highest BCUT2D eigenvalue weighted by atomic mass is 35.5. The average molecular weight is 333 g/mol. The zero-order chi connectivity index (χ0) is 15.5. The zero-order valence-corrected chi connectivity index (χ0v) is 11.9. The molecule has 3 nitrogen and oxygen atoms in total. The van der Waals surface area contributed by atoms with E-state index < -0.39 is 11.4 Å². The number of thioether (sulfide) groups is 1. The first-order valence-electron chi connectivity index (χ1n) is 5.63. The molecule has 0 aliphatic rings. The summed E-state index contributed by atoms with van der Waals surface area (Å²) in [5, 5.41) is 2.71. The van der Waals surface area contributed by atoms with Crippen LogP contribution in [0.4, 0.5) is 18.9 Å². The van der Waals surface area contributed by atoms with E-state index in [-0.39, 0.29) is 27.5 Å². The van der Waals surface area contributed by atoms with E-state index in [1.54, 1.807) is 6.07 Å². The Bertz CT molecular complexity index is 647. The Kier molecular flexibility index (Phi) is 4.74. The maximum absolute atomic E-state index is 12.2. The quantitative estimate of drug-likeness (QED) is 0.660. The lowest BCUT2D eigenvalue weighted by Gasteiger charge is -2.07. The van der Waals surface area contributed by atoms with Gasteiger partial charge in [0.05, 0.1) is 0 Å². The standard InChI is InChI=1S/C13H8ClF3N2OS/c14-11-3-1-2-10(19-11)12(20)18-8-4-6-9(7-5-8)21-13(15,16)17/h1-7H,(H,18,20). The molecule has 0 aliphatic heterocycles. The van der Waals surface area contributed by atoms with Crippen LogP contribution in [0, 0.1) is 0 Å². The van der Waals surface area contributed by atoms with Crippen LogP contribution in [-0.2, 0) is 0 Å². The van der Waals surface area contributed by atoms with E-state index >= 15 is 0 Å². The molecule has 0 spiro atoms. The van der Waals surface area contributed by atoms with Crippen molar-refractivity contribution in [2.45, 2.75) is 10.4 Å². The second kappa shape index (κ2) is 6.36. The van der Waals surface area contributed by atoms with Gasteiger partial charge < -0.3 is 5.32 Å². The summed E-state index contributed by atoms with van der Waals surface area (Å²) in [4.78, 5) is 15.7. The first kappa shape index (κ1) is 15.7. The highest BCUT2D eigenvalue weighted by Gasteiger charge is 2.29. The number of pyridine rings is 1. The Morgan fingerprint density at radius 3 is 2.38 bits per heavy atom. The topological polar surface area (TPSA) is 42.0 Å². The number of alkyl halides is 3. The largest absolute Gasteiger partial charge is 0.446 e. The Hall–Kier alpha value is -1.73. The summed E-state index contributed by atoms with van der Waals surface area (Å²) in [5.41, 5.74) is -3.85. The van der Waals surface area contributed by atoms with Crippen LogP contribution in [0.5, 0.6) is 0 Å². The lowest BCUT2D eigenvalue weighted by Crippen LogP contribution is -2.13. The maximum atomic E-state index is 12.2. The molecular formula is C13H8ClF3N2OS.